The number of aromatic nitrogens is 4. The summed E-state index contributed by atoms with van der Waals surface area (Å²) in [5.41, 5.74) is 9.15. The lowest BCUT2D eigenvalue weighted by Crippen LogP contribution is -2.23. The Balaban J connectivity index is 2.53. The average molecular weight is 293 g/mol. The molecule has 1 unspecified atom stereocenters. The van der Waals surface area contributed by atoms with Crippen molar-refractivity contribution >= 4 is 17.1 Å². The second-order valence-electron chi connectivity index (χ2n) is 5.80. The van der Waals surface area contributed by atoms with E-state index in [0.29, 0.717) is 25.1 Å². The zero-order chi connectivity index (χ0) is 15.6. The van der Waals surface area contributed by atoms with Gasteiger partial charge < -0.3 is 10.5 Å². The molecule has 0 amide bonds. The van der Waals surface area contributed by atoms with Crippen LogP contribution in [0.1, 0.15) is 45.9 Å². The molecule has 2 aromatic heterocycles. The van der Waals surface area contributed by atoms with Crippen molar-refractivity contribution in [2.24, 2.45) is 13.0 Å². The van der Waals surface area contributed by atoms with Crippen LogP contribution in [0.25, 0.3) is 11.2 Å². The molecule has 0 saturated heterocycles. The van der Waals surface area contributed by atoms with Gasteiger partial charge in [0.2, 0.25) is 5.95 Å². The number of imidazole rings is 1. The molecule has 6 nitrogen and oxygen atoms in total. The van der Waals surface area contributed by atoms with Crippen LogP contribution in [0.3, 0.4) is 0 Å². The lowest BCUT2D eigenvalue weighted by molar-refractivity contribution is 0.0983. The average Bonchev–Trinajstić information content (AvgIpc) is 2.90. The van der Waals surface area contributed by atoms with Gasteiger partial charge in [-0.05, 0) is 19.3 Å². The van der Waals surface area contributed by atoms with Gasteiger partial charge in [-0.15, -0.1) is 0 Å². The number of anilines is 1. The van der Waals surface area contributed by atoms with E-state index >= 15 is 0 Å². The van der Waals surface area contributed by atoms with Gasteiger partial charge in [0.1, 0.15) is 5.52 Å². The smallest absolute Gasteiger partial charge is 0.202 e. The highest BCUT2D eigenvalue weighted by Crippen LogP contribution is 2.29. The third-order valence-corrected chi connectivity index (χ3v) is 3.84. The normalized spacial score (nSPS) is 13.4. The van der Waals surface area contributed by atoms with Crippen LogP contribution < -0.4 is 5.73 Å². The second-order valence-corrected chi connectivity index (χ2v) is 5.80. The first-order chi connectivity index (χ1) is 10.0. The van der Waals surface area contributed by atoms with Crippen molar-refractivity contribution in [3.8, 4) is 0 Å². The summed E-state index contributed by atoms with van der Waals surface area (Å²) in [6.07, 6.45) is 1.97. The van der Waals surface area contributed by atoms with Crippen molar-refractivity contribution in [2.75, 3.05) is 18.9 Å². The van der Waals surface area contributed by atoms with Gasteiger partial charge in [-0.1, -0.05) is 27.2 Å². The van der Waals surface area contributed by atoms with Crippen LogP contribution in [-0.4, -0.2) is 32.5 Å². The van der Waals surface area contributed by atoms with Gasteiger partial charge >= 0.3 is 0 Å². The van der Waals surface area contributed by atoms with Crippen molar-refractivity contribution in [1.29, 1.82) is 0 Å². The van der Waals surface area contributed by atoms with E-state index in [-0.39, 0.29) is 6.04 Å². The number of aryl methyl sites for hydroxylation is 2. The molecule has 2 rings (SSSR count). The van der Waals surface area contributed by atoms with E-state index in [1.807, 2.05) is 18.7 Å². The van der Waals surface area contributed by atoms with Crippen LogP contribution in [0.15, 0.2) is 0 Å². The summed E-state index contributed by atoms with van der Waals surface area (Å²) < 4.78 is 9.62. The molecule has 0 aliphatic heterocycles. The standard InChI is InChI=1S/C15H27N5O/c1-6-8-11-13-14(19(5)18-11)20(15(16)17-13)12(10(3)4)9-21-7-2/h10,12H,6-9H2,1-5H3,(H2,16,17). The Morgan fingerprint density at radius 2 is 2.00 bits per heavy atom. The molecule has 21 heavy (non-hydrogen) atoms. The number of rotatable bonds is 7. The molecule has 1 atom stereocenters. The van der Waals surface area contributed by atoms with E-state index in [1.54, 1.807) is 0 Å². The number of nitrogen functional groups attached to an aromatic ring is 1. The lowest BCUT2D eigenvalue weighted by Gasteiger charge is -2.23. The van der Waals surface area contributed by atoms with Gasteiger partial charge in [0, 0.05) is 13.7 Å². The van der Waals surface area contributed by atoms with Crippen molar-refractivity contribution in [2.45, 2.75) is 46.6 Å². The molecule has 0 aliphatic rings. The number of hydrogen-bond acceptors (Lipinski definition) is 4. The van der Waals surface area contributed by atoms with Gasteiger partial charge in [-0.3, -0.25) is 9.25 Å². The summed E-state index contributed by atoms with van der Waals surface area (Å²) in [4.78, 5) is 4.57. The fraction of sp³-hybridized carbons (Fsp3) is 0.733. The molecule has 6 heteroatoms. The predicted molar refractivity (Wildman–Crippen MR) is 85.3 cm³/mol. The molecule has 0 bridgehead atoms. The topological polar surface area (TPSA) is 70.9 Å². The van der Waals surface area contributed by atoms with Crippen LogP contribution >= 0.6 is 0 Å². The van der Waals surface area contributed by atoms with E-state index < -0.39 is 0 Å². The van der Waals surface area contributed by atoms with E-state index in [2.05, 4.69) is 35.4 Å². The molecule has 0 fully saturated rings. The summed E-state index contributed by atoms with van der Waals surface area (Å²) in [6.45, 7) is 9.85. The first-order valence-electron chi connectivity index (χ1n) is 7.78. The maximum absolute atomic E-state index is 6.20. The summed E-state index contributed by atoms with van der Waals surface area (Å²) in [6, 6.07) is 0.167. The lowest BCUT2D eigenvalue weighted by atomic mass is 10.1. The van der Waals surface area contributed by atoms with Gasteiger partial charge in [0.25, 0.3) is 0 Å². The number of nitrogens with zero attached hydrogens (tertiary/aromatic N) is 4. The number of nitrogens with two attached hydrogens (primary N) is 1. The van der Waals surface area contributed by atoms with Gasteiger partial charge in [0.05, 0.1) is 18.3 Å². The maximum Gasteiger partial charge on any atom is 0.202 e. The van der Waals surface area contributed by atoms with E-state index in [4.69, 9.17) is 10.5 Å². The zero-order valence-corrected chi connectivity index (χ0v) is 13.8. The Labute approximate surface area is 126 Å². The van der Waals surface area contributed by atoms with Crippen LogP contribution in [0, 0.1) is 5.92 Å². The molecule has 118 valence electrons. The minimum absolute atomic E-state index is 0.167. The molecule has 0 aromatic carbocycles. The molecule has 0 aliphatic carbocycles. The summed E-state index contributed by atoms with van der Waals surface area (Å²) in [5, 5.41) is 4.60. The summed E-state index contributed by atoms with van der Waals surface area (Å²) in [7, 11) is 1.96. The fourth-order valence-corrected chi connectivity index (χ4v) is 2.76. The third-order valence-electron chi connectivity index (χ3n) is 3.84. The quantitative estimate of drug-likeness (QED) is 0.851. The van der Waals surface area contributed by atoms with Gasteiger partial charge in [-0.25, -0.2) is 4.98 Å². The Morgan fingerprint density at radius 3 is 2.57 bits per heavy atom. The Hall–Kier alpha value is -1.56. The molecular formula is C15H27N5O. The first kappa shape index (κ1) is 15.8. The minimum atomic E-state index is 0.167. The highest BCUT2D eigenvalue weighted by atomic mass is 16.5. The molecule has 0 saturated carbocycles. The minimum Gasteiger partial charge on any atom is -0.380 e. The highest BCUT2D eigenvalue weighted by Gasteiger charge is 2.25. The maximum atomic E-state index is 6.20. The van der Waals surface area contributed by atoms with Crippen LogP contribution in [0.5, 0.6) is 0 Å². The van der Waals surface area contributed by atoms with Crippen molar-refractivity contribution in [3.05, 3.63) is 5.69 Å². The van der Waals surface area contributed by atoms with Crippen LogP contribution in [-0.2, 0) is 18.2 Å². The molecule has 2 aromatic rings. The highest BCUT2D eigenvalue weighted by molar-refractivity contribution is 5.78. The number of ether oxygens (including phenoxy) is 1. The second kappa shape index (κ2) is 6.47. The Bertz CT molecular complexity index is 599. The van der Waals surface area contributed by atoms with Crippen molar-refractivity contribution in [1.82, 2.24) is 19.3 Å². The Morgan fingerprint density at radius 1 is 1.29 bits per heavy atom. The van der Waals surface area contributed by atoms with Crippen molar-refractivity contribution in [3.63, 3.8) is 0 Å². The van der Waals surface area contributed by atoms with Crippen LogP contribution in [0.2, 0.25) is 0 Å². The first-order valence-corrected chi connectivity index (χ1v) is 7.78. The summed E-state index contributed by atoms with van der Waals surface area (Å²) >= 11 is 0. The van der Waals surface area contributed by atoms with Crippen molar-refractivity contribution < 1.29 is 4.74 Å². The van der Waals surface area contributed by atoms with Gasteiger partial charge in [0.15, 0.2) is 5.65 Å². The van der Waals surface area contributed by atoms with E-state index in [1.165, 1.54) is 0 Å². The number of hydrogen-bond donors (Lipinski definition) is 1. The van der Waals surface area contributed by atoms with E-state index in [9.17, 15) is 0 Å². The summed E-state index contributed by atoms with van der Waals surface area (Å²) in [5.74, 6) is 0.953. The Kier molecular flexibility index (Phi) is 4.88. The molecule has 0 spiro atoms. The molecule has 2 N–H and O–H groups in total. The largest absolute Gasteiger partial charge is 0.380 e. The van der Waals surface area contributed by atoms with E-state index in [0.717, 1.165) is 29.7 Å². The molecule has 2 heterocycles. The zero-order valence-electron chi connectivity index (χ0n) is 13.8. The number of fused-ring (bicyclic) bond motifs is 1. The fourth-order valence-electron chi connectivity index (χ4n) is 2.76. The monoisotopic (exact) mass is 293 g/mol. The van der Waals surface area contributed by atoms with Crippen LogP contribution in [0.4, 0.5) is 5.95 Å². The van der Waals surface area contributed by atoms with Gasteiger partial charge in [-0.2, -0.15) is 5.10 Å². The molecule has 0 radical (unpaired) electrons. The molecular weight excluding hydrogens is 266 g/mol. The predicted octanol–water partition coefficient (Wildman–Crippen LogP) is 2.54. The third kappa shape index (κ3) is 2.90. The SMILES string of the molecule is CCCc1nn(C)c2c1nc(N)n2C(COCC)C(C)C.